The van der Waals surface area contributed by atoms with E-state index in [-0.39, 0.29) is 17.9 Å². The van der Waals surface area contributed by atoms with Crippen molar-refractivity contribution in [1.29, 1.82) is 0 Å². The Labute approximate surface area is 124 Å². The van der Waals surface area contributed by atoms with Crippen molar-refractivity contribution in [2.24, 2.45) is 13.0 Å². The van der Waals surface area contributed by atoms with Crippen molar-refractivity contribution < 1.29 is 14.7 Å². The number of aryl methyl sites for hydroxylation is 2. The number of hydrogen-bond acceptors (Lipinski definition) is 3. The number of nitrogens with zero attached hydrogens (tertiary/aromatic N) is 2. The highest BCUT2D eigenvalue weighted by atomic mass is 16.4. The van der Waals surface area contributed by atoms with E-state index in [0.29, 0.717) is 19.3 Å². The van der Waals surface area contributed by atoms with E-state index in [0.717, 1.165) is 29.8 Å². The van der Waals surface area contributed by atoms with E-state index in [9.17, 15) is 9.59 Å². The van der Waals surface area contributed by atoms with Crippen LogP contribution in [-0.4, -0.2) is 32.8 Å². The summed E-state index contributed by atoms with van der Waals surface area (Å²) >= 11 is 0. The van der Waals surface area contributed by atoms with Gasteiger partial charge in [-0.05, 0) is 39.5 Å². The number of carbonyl (C=O) groups excluding carboxylic acids is 1. The summed E-state index contributed by atoms with van der Waals surface area (Å²) in [6, 6.07) is 0.102. The molecule has 0 aromatic carbocycles. The molecule has 0 saturated heterocycles. The number of nitrogens with one attached hydrogen (secondary N) is 1. The van der Waals surface area contributed by atoms with Crippen LogP contribution in [0.1, 0.15) is 42.6 Å². The van der Waals surface area contributed by atoms with Gasteiger partial charge in [0.15, 0.2) is 0 Å². The van der Waals surface area contributed by atoms with Gasteiger partial charge in [0, 0.05) is 24.3 Å². The van der Waals surface area contributed by atoms with Crippen molar-refractivity contribution in [3.63, 3.8) is 0 Å². The maximum Gasteiger partial charge on any atom is 0.306 e. The molecule has 2 rings (SSSR count). The second kappa shape index (κ2) is 6.28. The van der Waals surface area contributed by atoms with Crippen LogP contribution in [0.2, 0.25) is 0 Å². The smallest absolute Gasteiger partial charge is 0.306 e. The van der Waals surface area contributed by atoms with Crippen molar-refractivity contribution in [3.8, 4) is 0 Å². The normalized spacial score (nSPS) is 22.0. The number of rotatable bonds is 4. The van der Waals surface area contributed by atoms with Crippen molar-refractivity contribution in [1.82, 2.24) is 15.1 Å². The molecule has 1 aliphatic rings. The molecular weight excluding hydrogens is 270 g/mol. The third-order valence-electron chi connectivity index (χ3n) is 4.44. The van der Waals surface area contributed by atoms with E-state index in [1.165, 1.54) is 0 Å². The van der Waals surface area contributed by atoms with Crippen LogP contribution in [0.25, 0.3) is 0 Å². The summed E-state index contributed by atoms with van der Waals surface area (Å²) in [6.45, 7) is 3.87. The lowest BCUT2D eigenvalue weighted by Crippen LogP contribution is -2.39. The summed E-state index contributed by atoms with van der Waals surface area (Å²) in [5, 5.41) is 16.3. The average molecular weight is 293 g/mol. The topological polar surface area (TPSA) is 84.2 Å². The Morgan fingerprint density at radius 1 is 1.29 bits per heavy atom. The molecule has 1 aromatic rings. The number of aliphatic carboxylic acids is 1. The first-order valence-electron chi connectivity index (χ1n) is 7.39. The van der Waals surface area contributed by atoms with Crippen molar-refractivity contribution >= 4 is 11.9 Å². The fourth-order valence-electron chi connectivity index (χ4n) is 3.00. The molecule has 1 fully saturated rings. The number of hydrogen-bond donors (Lipinski definition) is 2. The van der Waals surface area contributed by atoms with E-state index in [4.69, 9.17) is 5.11 Å². The van der Waals surface area contributed by atoms with Gasteiger partial charge in [0.25, 0.3) is 0 Å². The number of carboxylic acids is 1. The van der Waals surface area contributed by atoms with Crippen LogP contribution in [0.15, 0.2) is 0 Å². The number of carboxylic acid groups (broad SMARTS) is 1. The van der Waals surface area contributed by atoms with Gasteiger partial charge in [0.05, 0.1) is 18.0 Å². The monoisotopic (exact) mass is 293 g/mol. The zero-order valence-electron chi connectivity index (χ0n) is 12.8. The van der Waals surface area contributed by atoms with Gasteiger partial charge in [0.1, 0.15) is 0 Å². The molecule has 0 bridgehead atoms. The Bertz CT molecular complexity index is 543. The SMILES string of the molecule is Cc1nn(C)c(C)c1CC(=O)NC1CCC(C(=O)O)CC1. The number of carbonyl (C=O) groups is 2. The summed E-state index contributed by atoms with van der Waals surface area (Å²) in [4.78, 5) is 23.1. The Hall–Kier alpha value is -1.85. The third-order valence-corrected chi connectivity index (χ3v) is 4.44. The molecule has 21 heavy (non-hydrogen) atoms. The van der Waals surface area contributed by atoms with Crippen LogP contribution in [0.4, 0.5) is 0 Å². The Morgan fingerprint density at radius 3 is 2.38 bits per heavy atom. The molecule has 1 amide bonds. The van der Waals surface area contributed by atoms with E-state index in [1.54, 1.807) is 4.68 Å². The van der Waals surface area contributed by atoms with Gasteiger partial charge in [-0.25, -0.2) is 0 Å². The predicted molar refractivity (Wildman–Crippen MR) is 77.9 cm³/mol. The second-order valence-electron chi connectivity index (χ2n) is 5.90. The van der Waals surface area contributed by atoms with Crippen LogP contribution in [0, 0.1) is 19.8 Å². The molecule has 2 N–H and O–H groups in total. The van der Waals surface area contributed by atoms with Crippen LogP contribution < -0.4 is 5.32 Å². The minimum absolute atomic E-state index is 0.00650. The highest BCUT2D eigenvalue weighted by molar-refractivity contribution is 5.79. The zero-order chi connectivity index (χ0) is 15.6. The van der Waals surface area contributed by atoms with Gasteiger partial charge in [-0.2, -0.15) is 5.10 Å². The molecule has 0 unspecified atom stereocenters. The fraction of sp³-hybridized carbons (Fsp3) is 0.667. The third kappa shape index (κ3) is 3.62. The Morgan fingerprint density at radius 2 is 1.90 bits per heavy atom. The maximum absolute atomic E-state index is 12.1. The van der Waals surface area contributed by atoms with Crippen molar-refractivity contribution in [2.45, 2.75) is 52.0 Å². The molecule has 1 saturated carbocycles. The molecule has 0 aliphatic heterocycles. The molecule has 1 heterocycles. The molecular formula is C15H23N3O3. The van der Waals surface area contributed by atoms with Crippen LogP contribution in [0.5, 0.6) is 0 Å². The minimum atomic E-state index is -0.721. The molecule has 0 spiro atoms. The fourth-order valence-corrected chi connectivity index (χ4v) is 3.00. The number of aromatic nitrogens is 2. The molecule has 6 nitrogen and oxygen atoms in total. The summed E-state index contributed by atoms with van der Waals surface area (Å²) in [5.74, 6) is -0.977. The Kier molecular flexibility index (Phi) is 4.65. The van der Waals surface area contributed by atoms with Gasteiger partial charge in [-0.3, -0.25) is 14.3 Å². The van der Waals surface area contributed by atoms with Crippen molar-refractivity contribution in [3.05, 3.63) is 17.0 Å². The molecule has 1 aliphatic carbocycles. The lowest BCUT2D eigenvalue weighted by atomic mass is 9.86. The lowest BCUT2D eigenvalue weighted by molar-refractivity contribution is -0.142. The van der Waals surface area contributed by atoms with Gasteiger partial charge in [-0.1, -0.05) is 0 Å². The van der Waals surface area contributed by atoms with Crippen molar-refractivity contribution in [2.75, 3.05) is 0 Å². The first-order chi connectivity index (χ1) is 9.88. The summed E-state index contributed by atoms with van der Waals surface area (Å²) < 4.78 is 1.79. The standard InChI is InChI=1S/C15H23N3O3/c1-9-13(10(2)18(3)17-9)8-14(19)16-12-6-4-11(5-7-12)15(20)21/h11-12H,4-8H2,1-3H3,(H,16,19)(H,20,21). The van der Waals surface area contributed by atoms with Crippen LogP contribution in [-0.2, 0) is 23.1 Å². The second-order valence-corrected chi connectivity index (χ2v) is 5.90. The van der Waals surface area contributed by atoms with Gasteiger partial charge in [0.2, 0.25) is 5.91 Å². The van der Waals surface area contributed by atoms with Gasteiger partial charge < -0.3 is 10.4 Å². The zero-order valence-corrected chi connectivity index (χ0v) is 12.8. The summed E-state index contributed by atoms with van der Waals surface area (Å²) in [7, 11) is 1.87. The van der Waals surface area contributed by atoms with Gasteiger partial charge in [-0.15, -0.1) is 0 Å². The van der Waals surface area contributed by atoms with E-state index in [1.807, 2.05) is 20.9 Å². The highest BCUT2D eigenvalue weighted by Gasteiger charge is 2.27. The lowest BCUT2D eigenvalue weighted by Gasteiger charge is -2.26. The average Bonchev–Trinajstić information content (AvgIpc) is 2.66. The maximum atomic E-state index is 12.1. The predicted octanol–water partition coefficient (Wildman–Crippen LogP) is 1.34. The Balaban J connectivity index is 1.87. The first kappa shape index (κ1) is 15.5. The van der Waals surface area contributed by atoms with E-state index >= 15 is 0 Å². The summed E-state index contributed by atoms with van der Waals surface area (Å²) in [6.07, 6.45) is 3.11. The first-order valence-corrected chi connectivity index (χ1v) is 7.39. The quantitative estimate of drug-likeness (QED) is 0.877. The minimum Gasteiger partial charge on any atom is -0.481 e. The molecule has 0 radical (unpaired) electrons. The van der Waals surface area contributed by atoms with E-state index < -0.39 is 5.97 Å². The van der Waals surface area contributed by atoms with Crippen LogP contribution in [0.3, 0.4) is 0 Å². The molecule has 0 atom stereocenters. The molecule has 116 valence electrons. The van der Waals surface area contributed by atoms with Crippen LogP contribution >= 0.6 is 0 Å². The number of amides is 1. The highest BCUT2D eigenvalue weighted by Crippen LogP contribution is 2.24. The summed E-state index contributed by atoms with van der Waals surface area (Å²) in [5.41, 5.74) is 2.88. The largest absolute Gasteiger partial charge is 0.481 e. The molecule has 1 aromatic heterocycles. The van der Waals surface area contributed by atoms with E-state index in [2.05, 4.69) is 10.4 Å². The molecule has 6 heteroatoms. The van der Waals surface area contributed by atoms with Gasteiger partial charge >= 0.3 is 5.97 Å².